The predicted octanol–water partition coefficient (Wildman–Crippen LogP) is 4.63. The smallest absolute Gasteiger partial charge is 0.267 e. The summed E-state index contributed by atoms with van der Waals surface area (Å²) in [5.74, 6) is -0.00468. The molecule has 2 heterocycles. The van der Waals surface area contributed by atoms with Crippen LogP contribution in [0.1, 0.15) is 35.0 Å². The van der Waals surface area contributed by atoms with Crippen LogP contribution in [0.4, 0.5) is 11.4 Å². The Morgan fingerprint density at radius 3 is 2.22 bits per heavy atom. The second-order valence-corrected chi connectivity index (χ2v) is 10.9. The van der Waals surface area contributed by atoms with E-state index in [0.29, 0.717) is 37.8 Å². The van der Waals surface area contributed by atoms with Crippen molar-refractivity contribution < 1.29 is 13.2 Å². The molecule has 1 fully saturated rings. The number of hydrogen-bond acceptors (Lipinski definition) is 5. The van der Waals surface area contributed by atoms with Crippen LogP contribution in [0.2, 0.25) is 0 Å². The fourth-order valence-corrected chi connectivity index (χ4v) is 6.49. The maximum atomic E-state index is 13.3. The molecule has 1 aliphatic rings. The van der Waals surface area contributed by atoms with E-state index in [-0.39, 0.29) is 9.77 Å². The van der Waals surface area contributed by atoms with E-state index in [1.54, 1.807) is 5.38 Å². The molecule has 8 heteroatoms. The van der Waals surface area contributed by atoms with Gasteiger partial charge >= 0.3 is 0 Å². The number of para-hydroxylation sites is 1. The first-order valence-electron chi connectivity index (χ1n) is 10.6. The molecule has 0 spiro atoms. The Balaban J connectivity index is 1.46. The molecule has 0 aliphatic carbocycles. The number of benzene rings is 2. The summed E-state index contributed by atoms with van der Waals surface area (Å²) in [5.41, 5.74) is 2.91. The summed E-state index contributed by atoms with van der Waals surface area (Å²) < 4.78 is 28.1. The minimum atomic E-state index is -3.75. The van der Waals surface area contributed by atoms with Crippen LogP contribution in [0, 0.1) is 0 Å². The van der Waals surface area contributed by atoms with E-state index in [1.807, 2.05) is 54.6 Å². The van der Waals surface area contributed by atoms with Gasteiger partial charge in [0.05, 0.1) is 0 Å². The average Bonchev–Trinajstić information content (AvgIpc) is 3.31. The molecule has 0 saturated carbocycles. The highest BCUT2D eigenvalue weighted by atomic mass is 32.2. The second kappa shape index (κ2) is 9.44. The molecule has 1 aromatic heterocycles. The highest BCUT2D eigenvalue weighted by Crippen LogP contribution is 2.28. The summed E-state index contributed by atoms with van der Waals surface area (Å²) in [6, 6.07) is 19.1. The van der Waals surface area contributed by atoms with Gasteiger partial charge in [-0.05, 0) is 47.2 Å². The Bertz CT molecular complexity index is 1160. The Morgan fingerprint density at radius 1 is 0.938 bits per heavy atom. The van der Waals surface area contributed by atoms with Gasteiger partial charge in [0.15, 0.2) is 0 Å². The van der Waals surface area contributed by atoms with Crippen molar-refractivity contribution in [3.63, 3.8) is 0 Å². The van der Waals surface area contributed by atoms with Gasteiger partial charge in [-0.1, -0.05) is 44.2 Å². The number of hydrogen-bond donors (Lipinski definition) is 1. The largest absolute Gasteiger partial charge is 0.369 e. The van der Waals surface area contributed by atoms with Crippen LogP contribution in [0.5, 0.6) is 0 Å². The molecule has 0 atom stereocenters. The average molecular weight is 470 g/mol. The number of nitrogens with zero attached hydrogens (tertiary/aromatic N) is 2. The van der Waals surface area contributed by atoms with Crippen molar-refractivity contribution in [1.29, 1.82) is 0 Å². The molecule has 32 heavy (non-hydrogen) atoms. The summed E-state index contributed by atoms with van der Waals surface area (Å²) in [7, 11) is -3.75. The lowest BCUT2D eigenvalue weighted by Crippen LogP contribution is -2.48. The third-order valence-corrected chi connectivity index (χ3v) is 8.63. The van der Waals surface area contributed by atoms with E-state index in [9.17, 15) is 13.2 Å². The Labute approximate surface area is 193 Å². The molecule has 0 unspecified atom stereocenters. The first-order valence-corrected chi connectivity index (χ1v) is 13.0. The normalized spacial score (nSPS) is 15.2. The topological polar surface area (TPSA) is 69.7 Å². The number of nitrogens with one attached hydrogen (secondary N) is 1. The molecule has 2 aromatic carbocycles. The summed E-state index contributed by atoms with van der Waals surface area (Å²) in [6.45, 7) is 6.19. The van der Waals surface area contributed by atoms with Gasteiger partial charge in [-0.2, -0.15) is 4.31 Å². The van der Waals surface area contributed by atoms with Gasteiger partial charge in [0.2, 0.25) is 10.0 Å². The number of anilines is 2. The molecule has 6 nitrogen and oxygen atoms in total. The minimum Gasteiger partial charge on any atom is -0.369 e. The summed E-state index contributed by atoms with van der Waals surface area (Å²) in [5, 5.41) is 4.49. The fourth-order valence-electron chi connectivity index (χ4n) is 3.77. The Morgan fingerprint density at radius 2 is 1.59 bits per heavy atom. The van der Waals surface area contributed by atoms with Crippen molar-refractivity contribution in [1.82, 2.24) is 4.31 Å². The Hall–Kier alpha value is -2.68. The highest BCUT2D eigenvalue weighted by molar-refractivity contribution is 7.89. The minimum absolute atomic E-state index is 0.0759. The van der Waals surface area contributed by atoms with Gasteiger partial charge < -0.3 is 10.2 Å². The molecule has 0 radical (unpaired) electrons. The van der Waals surface area contributed by atoms with Crippen molar-refractivity contribution in [3.8, 4) is 0 Å². The number of thiophene rings is 1. The van der Waals surface area contributed by atoms with Gasteiger partial charge in [-0.15, -0.1) is 11.3 Å². The number of carbonyl (C=O) groups excluding carboxylic acids is 1. The van der Waals surface area contributed by atoms with Crippen LogP contribution in [0.3, 0.4) is 0 Å². The molecule has 168 valence electrons. The molecule has 4 rings (SSSR count). The van der Waals surface area contributed by atoms with Crippen LogP contribution in [0.15, 0.2) is 70.9 Å². The molecular formula is C24H27N3O3S2. The number of rotatable bonds is 6. The van der Waals surface area contributed by atoms with E-state index in [0.717, 1.165) is 17.0 Å². The highest BCUT2D eigenvalue weighted by Gasteiger charge is 2.32. The van der Waals surface area contributed by atoms with Gasteiger partial charge in [0.1, 0.15) is 9.77 Å². The molecule has 0 bridgehead atoms. The molecule has 1 aliphatic heterocycles. The quantitative estimate of drug-likeness (QED) is 0.571. The van der Waals surface area contributed by atoms with Crippen LogP contribution in [-0.4, -0.2) is 44.8 Å². The fraction of sp³-hybridized carbons (Fsp3) is 0.292. The molecular weight excluding hydrogens is 442 g/mol. The molecule has 1 amide bonds. The maximum Gasteiger partial charge on any atom is 0.267 e. The number of carbonyl (C=O) groups is 1. The van der Waals surface area contributed by atoms with Crippen LogP contribution in [0.25, 0.3) is 0 Å². The van der Waals surface area contributed by atoms with Gasteiger partial charge in [-0.25, -0.2) is 8.42 Å². The standard InChI is InChI=1S/C24H27N3O3S2/c1-18(2)19-8-10-20(11-9-19)25-24(28)23-22(12-17-31-23)32(29,30)27-15-13-26(14-16-27)21-6-4-3-5-7-21/h3-12,17-18H,13-16H2,1-2H3,(H,25,28). The number of sulfonamides is 1. The monoisotopic (exact) mass is 469 g/mol. The lowest BCUT2D eigenvalue weighted by atomic mass is 10.0. The van der Waals surface area contributed by atoms with E-state index in [4.69, 9.17) is 0 Å². The maximum absolute atomic E-state index is 13.3. The van der Waals surface area contributed by atoms with E-state index in [2.05, 4.69) is 24.1 Å². The van der Waals surface area contributed by atoms with Crippen molar-refractivity contribution in [2.24, 2.45) is 0 Å². The third-order valence-electron chi connectivity index (χ3n) is 5.65. The number of piperazine rings is 1. The predicted molar refractivity (Wildman–Crippen MR) is 130 cm³/mol. The molecule has 3 aromatic rings. The van der Waals surface area contributed by atoms with Gasteiger partial charge in [-0.3, -0.25) is 4.79 Å². The lowest BCUT2D eigenvalue weighted by molar-refractivity contribution is 0.102. The molecule has 1 saturated heterocycles. The van der Waals surface area contributed by atoms with Crippen LogP contribution < -0.4 is 10.2 Å². The zero-order valence-corrected chi connectivity index (χ0v) is 19.8. The second-order valence-electron chi connectivity index (χ2n) is 8.07. The first kappa shape index (κ1) is 22.5. The zero-order valence-electron chi connectivity index (χ0n) is 18.2. The van der Waals surface area contributed by atoms with E-state index in [1.165, 1.54) is 15.9 Å². The van der Waals surface area contributed by atoms with Crippen LogP contribution >= 0.6 is 11.3 Å². The Kier molecular flexibility index (Phi) is 6.64. The lowest BCUT2D eigenvalue weighted by Gasteiger charge is -2.35. The first-order chi connectivity index (χ1) is 15.4. The van der Waals surface area contributed by atoms with Crippen molar-refractivity contribution in [2.45, 2.75) is 24.7 Å². The van der Waals surface area contributed by atoms with Crippen LogP contribution in [-0.2, 0) is 10.0 Å². The summed E-state index contributed by atoms with van der Waals surface area (Å²) in [4.78, 5) is 15.4. The zero-order chi connectivity index (χ0) is 22.7. The molecule has 1 N–H and O–H groups in total. The SMILES string of the molecule is CC(C)c1ccc(NC(=O)c2sccc2S(=O)(=O)N2CCN(c3ccccc3)CC2)cc1. The summed E-state index contributed by atoms with van der Waals surface area (Å²) >= 11 is 1.14. The van der Waals surface area contributed by atoms with E-state index < -0.39 is 15.9 Å². The number of amides is 1. The third kappa shape index (κ3) is 4.72. The van der Waals surface area contributed by atoms with Crippen molar-refractivity contribution >= 4 is 38.6 Å². The van der Waals surface area contributed by atoms with E-state index >= 15 is 0 Å². The van der Waals surface area contributed by atoms with Crippen molar-refractivity contribution in [2.75, 3.05) is 36.4 Å². The van der Waals surface area contributed by atoms with Crippen molar-refractivity contribution in [3.05, 3.63) is 76.5 Å². The summed E-state index contributed by atoms with van der Waals surface area (Å²) in [6.07, 6.45) is 0. The van der Waals surface area contributed by atoms with Gasteiger partial charge in [0.25, 0.3) is 5.91 Å². The van der Waals surface area contributed by atoms with Gasteiger partial charge in [0, 0.05) is 37.6 Å².